The third kappa shape index (κ3) is 10.8. The Bertz CT molecular complexity index is 522. The molecule has 0 bridgehead atoms. The standard InChI is InChI=1S/C20H35NO2S2/c1-3-4-5-6-7-8-9-10-11-12-13-14-15-16-19(22)23-21-18(2)17-25-20(21)24/h17H,3-16H2,1-2H3. The molecular formula is C20H35NO2S2. The molecule has 0 aromatic carbocycles. The number of thiazole rings is 1. The van der Waals surface area contributed by atoms with E-state index in [1.54, 1.807) is 0 Å². The average molecular weight is 386 g/mol. The average Bonchev–Trinajstić information content (AvgIpc) is 2.91. The Balaban J connectivity index is 1.89. The molecule has 144 valence electrons. The van der Waals surface area contributed by atoms with Gasteiger partial charge in [0.05, 0.1) is 5.69 Å². The van der Waals surface area contributed by atoms with Crippen LogP contribution >= 0.6 is 23.6 Å². The summed E-state index contributed by atoms with van der Waals surface area (Å²) in [5, 5.41) is 1.90. The van der Waals surface area contributed by atoms with Gasteiger partial charge in [0.15, 0.2) is 3.95 Å². The Labute approximate surface area is 162 Å². The van der Waals surface area contributed by atoms with E-state index in [2.05, 4.69) is 6.92 Å². The van der Waals surface area contributed by atoms with Gasteiger partial charge >= 0.3 is 5.97 Å². The maximum Gasteiger partial charge on any atom is 0.332 e. The quantitative estimate of drug-likeness (QED) is 0.240. The molecule has 0 radical (unpaired) electrons. The van der Waals surface area contributed by atoms with Gasteiger partial charge in [0.25, 0.3) is 0 Å². The van der Waals surface area contributed by atoms with E-state index in [0.717, 1.165) is 18.5 Å². The molecule has 25 heavy (non-hydrogen) atoms. The number of rotatable bonds is 15. The molecule has 0 aliphatic rings. The van der Waals surface area contributed by atoms with E-state index in [1.807, 2.05) is 12.3 Å². The lowest BCUT2D eigenvalue weighted by Crippen LogP contribution is -2.20. The van der Waals surface area contributed by atoms with Crippen LogP contribution in [0.2, 0.25) is 0 Å². The minimum Gasteiger partial charge on any atom is -0.335 e. The molecule has 0 unspecified atom stereocenters. The first-order chi connectivity index (χ1) is 12.1. The summed E-state index contributed by atoms with van der Waals surface area (Å²) >= 11 is 6.56. The van der Waals surface area contributed by atoms with E-state index in [1.165, 1.54) is 86.7 Å². The molecule has 0 aliphatic carbocycles. The van der Waals surface area contributed by atoms with Crippen molar-refractivity contribution < 1.29 is 9.63 Å². The summed E-state index contributed by atoms with van der Waals surface area (Å²) in [5.74, 6) is -0.180. The molecule has 0 fully saturated rings. The lowest BCUT2D eigenvalue weighted by atomic mass is 10.0. The number of hydrogen-bond donors (Lipinski definition) is 0. The molecule has 0 saturated carbocycles. The van der Waals surface area contributed by atoms with Crippen molar-refractivity contribution in [3.63, 3.8) is 0 Å². The Morgan fingerprint density at radius 1 is 0.960 bits per heavy atom. The fourth-order valence-corrected chi connectivity index (χ4v) is 3.89. The highest BCUT2D eigenvalue weighted by Gasteiger charge is 2.07. The van der Waals surface area contributed by atoms with Gasteiger partial charge in [-0.3, -0.25) is 0 Å². The normalized spacial score (nSPS) is 11.0. The smallest absolute Gasteiger partial charge is 0.332 e. The van der Waals surface area contributed by atoms with Gasteiger partial charge in [0.1, 0.15) is 0 Å². The van der Waals surface area contributed by atoms with Crippen LogP contribution in [0, 0.1) is 10.9 Å². The predicted molar refractivity (Wildman–Crippen MR) is 110 cm³/mol. The maximum atomic E-state index is 11.8. The van der Waals surface area contributed by atoms with Crippen molar-refractivity contribution in [3.8, 4) is 0 Å². The van der Waals surface area contributed by atoms with Gasteiger partial charge in [0.2, 0.25) is 0 Å². The topological polar surface area (TPSA) is 31.2 Å². The molecule has 0 N–H and O–H groups in total. The van der Waals surface area contributed by atoms with Gasteiger partial charge in [-0.15, -0.1) is 11.3 Å². The van der Waals surface area contributed by atoms with Crippen LogP contribution in [0.3, 0.4) is 0 Å². The van der Waals surface area contributed by atoms with Crippen molar-refractivity contribution in [1.82, 2.24) is 4.73 Å². The highest BCUT2D eigenvalue weighted by Crippen LogP contribution is 2.13. The van der Waals surface area contributed by atoms with Crippen molar-refractivity contribution in [2.75, 3.05) is 0 Å². The molecule has 0 amide bonds. The number of aryl methyl sites for hydroxylation is 1. The number of aromatic nitrogens is 1. The van der Waals surface area contributed by atoms with Crippen LogP contribution in [0.4, 0.5) is 0 Å². The lowest BCUT2D eigenvalue weighted by Gasteiger charge is -2.06. The van der Waals surface area contributed by atoms with E-state index in [9.17, 15) is 4.79 Å². The minimum atomic E-state index is -0.180. The van der Waals surface area contributed by atoms with Crippen molar-refractivity contribution in [3.05, 3.63) is 15.0 Å². The van der Waals surface area contributed by atoms with Gasteiger partial charge in [0, 0.05) is 11.8 Å². The largest absolute Gasteiger partial charge is 0.335 e. The fraction of sp³-hybridized carbons (Fsp3) is 0.800. The van der Waals surface area contributed by atoms with Gasteiger partial charge in [-0.05, 0) is 25.6 Å². The highest BCUT2D eigenvalue weighted by molar-refractivity contribution is 7.73. The van der Waals surface area contributed by atoms with E-state index in [-0.39, 0.29) is 5.97 Å². The summed E-state index contributed by atoms with van der Waals surface area (Å²) in [6.45, 7) is 4.16. The Hall–Kier alpha value is -0.680. The first-order valence-electron chi connectivity index (χ1n) is 10.0. The van der Waals surface area contributed by atoms with Crippen molar-refractivity contribution in [1.29, 1.82) is 0 Å². The molecule has 1 heterocycles. The summed E-state index contributed by atoms with van der Waals surface area (Å²) in [7, 11) is 0. The monoisotopic (exact) mass is 385 g/mol. The number of nitrogens with zero attached hydrogens (tertiary/aromatic N) is 1. The van der Waals surface area contributed by atoms with Crippen molar-refractivity contribution in [2.24, 2.45) is 0 Å². The number of carbonyl (C=O) groups excluding carboxylic acids is 1. The maximum absolute atomic E-state index is 11.8. The van der Waals surface area contributed by atoms with E-state index in [4.69, 9.17) is 17.1 Å². The van der Waals surface area contributed by atoms with E-state index >= 15 is 0 Å². The minimum absolute atomic E-state index is 0.180. The third-order valence-corrected chi connectivity index (χ3v) is 5.77. The second kappa shape index (κ2) is 14.5. The van der Waals surface area contributed by atoms with Crippen LogP contribution in [0.15, 0.2) is 5.38 Å². The van der Waals surface area contributed by atoms with Crippen molar-refractivity contribution in [2.45, 2.75) is 104 Å². The first-order valence-corrected chi connectivity index (χ1v) is 11.3. The molecule has 5 heteroatoms. The van der Waals surface area contributed by atoms with Gasteiger partial charge in [-0.1, -0.05) is 84.0 Å². The molecule has 0 spiro atoms. The van der Waals surface area contributed by atoms with Gasteiger partial charge in [-0.2, -0.15) is 4.73 Å². The zero-order valence-corrected chi connectivity index (χ0v) is 17.7. The lowest BCUT2D eigenvalue weighted by molar-refractivity contribution is -0.144. The number of hydrogen-bond acceptors (Lipinski definition) is 4. The second-order valence-electron chi connectivity index (χ2n) is 6.89. The predicted octanol–water partition coefficient (Wildman–Crippen LogP) is 7.02. The third-order valence-electron chi connectivity index (χ3n) is 4.49. The second-order valence-corrected chi connectivity index (χ2v) is 8.40. The summed E-state index contributed by atoms with van der Waals surface area (Å²) in [6.07, 6.45) is 17.5. The van der Waals surface area contributed by atoms with Gasteiger partial charge in [-0.25, -0.2) is 4.79 Å². The van der Waals surface area contributed by atoms with Crippen LogP contribution in [0.25, 0.3) is 0 Å². The van der Waals surface area contributed by atoms with Crippen molar-refractivity contribution >= 4 is 29.5 Å². The molecule has 1 rings (SSSR count). The summed E-state index contributed by atoms with van der Waals surface area (Å²) in [4.78, 5) is 17.1. The summed E-state index contributed by atoms with van der Waals surface area (Å²) in [5.41, 5.74) is 0.883. The highest BCUT2D eigenvalue weighted by atomic mass is 32.1. The Morgan fingerprint density at radius 3 is 1.88 bits per heavy atom. The molecule has 1 aromatic heterocycles. The molecule has 3 nitrogen and oxygen atoms in total. The van der Waals surface area contributed by atoms with Crippen LogP contribution in [0.1, 0.15) is 103 Å². The first kappa shape index (κ1) is 22.4. The number of unbranched alkanes of at least 4 members (excludes halogenated alkanes) is 12. The Kier molecular flexibility index (Phi) is 13.0. The summed E-state index contributed by atoms with van der Waals surface area (Å²) < 4.78 is 2.06. The molecular weight excluding hydrogens is 350 g/mol. The van der Waals surface area contributed by atoms with Crippen LogP contribution in [0.5, 0.6) is 0 Å². The SMILES string of the molecule is CCCCCCCCCCCCCCCC(=O)On1c(C)csc1=S. The van der Waals surface area contributed by atoms with Crippen LogP contribution in [-0.2, 0) is 4.79 Å². The van der Waals surface area contributed by atoms with Crippen LogP contribution < -0.4 is 4.84 Å². The Morgan fingerprint density at radius 2 is 1.44 bits per heavy atom. The van der Waals surface area contributed by atoms with Crippen LogP contribution in [-0.4, -0.2) is 10.7 Å². The molecule has 0 aliphatic heterocycles. The van der Waals surface area contributed by atoms with E-state index in [0.29, 0.717) is 10.4 Å². The molecule has 0 atom stereocenters. The molecule has 0 saturated heterocycles. The zero-order valence-electron chi connectivity index (χ0n) is 16.1. The summed E-state index contributed by atoms with van der Waals surface area (Å²) in [6, 6.07) is 0. The van der Waals surface area contributed by atoms with Gasteiger partial charge < -0.3 is 4.84 Å². The van der Waals surface area contributed by atoms with E-state index < -0.39 is 0 Å². The molecule has 1 aromatic rings. The zero-order chi connectivity index (χ0) is 18.3. The number of carbonyl (C=O) groups is 1. The fourth-order valence-electron chi connectivity index (χ4n) is 2.92.